The maximum atomic E-state index is 5.29. The topological polar surface area (TPSA) is 26.0 Å². The molecule has 0 radical (unpaired) electrons. The molecule has 0 bridgehead atoms. The van der Waals surface area contributed by atoms with Crippen LogP contribution in [0.15, 0.2) is 59.6 Å². The minimum absolute atomic E-state index is 0.596. The van der Waals surface area contributed by atoms with Gasteiger partial charge in [0.1, 0.15) is 0 Å². The highest BCUT2D eigenvalue weighted by atomic mass is 14.5. The molecule has 1 aliphatic carbocycles. The SMILES string of the molecule is NC/C=C\C=CCC1=CC=C=C=C1. The van der Waals surface area contributed by atoms with Crippen LogP contribution < -0.4 is 5.73 Å². The van der Waals surface area contributed by atoms with E-state index >= 15 is 0 Å². The lowest BCUT2D eigenvalue weighted by Gasteiger charge is -1.93. The van der Waals surface area contributed by atoms with E-state index in [1.54, 1.807) is 0 Å². The largest absolute Gasteiger partial charge is 0.327 e. The number of allylic oxidation sites excluding steroid dienone is 7. The zero-order valence-corrected chi connectivity index (χ0v) is 7.53. The second-order valence-corrected chi connectivity index (χ2v) is 2.64. The zero-order valence-electron chi connectivity index (χ0n) is 7.53. The molecule has 0 aromatic carbocycles. The molecule has 66 valence electrons. The third-order valence-corrected chi connectivity index (χ3v) is 1.59. The third kappa shape index (κ3) is 4.15. The Bertz CT molecular complexity index is 330. The average Bonchev–Trinajstić information content (AvgIpc) is 2.19. The van der Waals surface area contributed by atoms with Gasteiger partial charge < -0.3 is 5.73 Å². The standard InChI is InChI=1S/C12H13N/c13-11-7-2-1-4-8-12-9-5-3-6-10-12/h1-2,4-5,7,9-10H,8,11,13H2/b4-1?,7-2-. The van der Waals surface area contributed by atoms with Gasteiger partial charge in [0.15, 0.2) is 0 Å². The van der Waals surface area contributed by atoms with Gasteiger partial charge in [0.05, 0.1) is 0 Å². The van der Waals surface area contributed by atoms with Gasteiger partial charge in [-0.05, 0) is 30.2 Å². The van der Waals surface area contributed by atoms with Gasteiger partial charge in [-0.15, -0.1) is 0 Å². The van der Waals surface area contributed by atoms with Gasteiger partial charge in [0.2, 0.25) is 0 Å². The van der Waals surface area contributed by atoms with Crippen molar-refractivity contribution < 1.29 is 0 Å². The average molecular weight is 171 g/mol. The first-order chi connectivity index (χ1) is 6.43. The molecule has 0 saturated heterocycles. The fourth-order valence-corrected chi connectivity index (χ4v) is 0.946. The maximum absolute atomic E-state index is 5.29. The molecule has 2 N–H and O–H groups in total. The van der Waals surface area contributed by atoms with Crippen molar-refractivity contribution in [1.29, 1.82) is 0 Å². The van der Waals surface area contributed by atoms with Crippen LogP contribution in [0.5, 0.6) is 0 Å². The molecule has 1 aliphatic rings. The van der Waals surface area contributed by atoms with Crippen molar-refractivity contribution in [3.8, 4) is 0 Å². The number of nitrogens with two attached hydrogens (primary N) is 1. The second-order valence-electron chi connectivity index (χ2n) is 2.64. The maximum Gasteiger partial charge on any atom is 0.0109 e. The fraction of sp³-hybridized carbons (Fsp3) is 0.167. The van der Waals surface area contributed by atoms with E-state index in [9.17, 15) is 0 Å². The van der Waals surface area contributed by atoms with Crippen LogP contribution in [0.3, 0.4) is 0 Å². The van der Waals surface area contributed by atoms with Crippen molar-refractivity contribution in [3.05, 3.63) is 59.6 Å². The molecule has 1 heteroatoms. The molecule has 1 rings (SSSR count). The number of hydrogen-bond donors (Lipinski definition) is 1. The predicted molar refractivity (Wildman–Crippen MR) is 56.2 cm³/mol. The first-order valence-corrected chi connectivity index (χ1v) is 4.32. The van der Waals surface area contributed by atoms with Crippen LogP contribution >= 0.6 is 0 Å². The van der Waals surface area contributed by atoms with E-state index in [1.165, 1.54) is 5.57 Å². The first-order valence-electron chi connectivity index (χ1n) is 4.32. The lowest BCUT2D eigenvalue weighted by Crippen LogP contribution is -1.91. The quantitative estimate of drug-likeness (QED) is 0.509. The van der Waals surface area contributed by atoms with E-state index in [2.05, 4.69) is 17.5 Å². The highest BCUT2D eigenvalue weighted by molar-refractivity contribution is 5.29. The summed E-state index contributed by atoms with van der Waals surface area (Å²) in [6.45, 7) is 0.596. The van der Waals surface area contributed by atoms with Crippen LogP contribution in [0.1, 0.15) is 6.42 Å². The normalized spacial score (nSPS) is 14.7. The molecule has 0 aliphatic heterocycles. The Hall–Kier alpha value is -1.52. The van der Waals surface area contributed by atoms with Gasteiger partial charge in [0, 0.05) is 6.54 Å². The lowest BCUT2D eigenvalue weighted by atomic mass is 10.1. The summed E-state index contributed by atoms with van der Waals surface area (Å²) < 4.78 is 0. The third-order valence-electron chi connectivity index (χ3n) is 1.59. The molecule has 0 unspecified atom stereocenters. The van der Waals surface area contributed by atoms with Crippen LogP contribution in [0, 0.1) is 0 Å². The van der Waals surface area contributed by atoms with Gasteiger partial charge in [0.25, 0.3) is 0 Å². The molecule has 13 heavy (non-hydrogen) atoms. The summed E-state index contributed by atoms with van der Waals surface area (Å²) in [6, 6.07) is 0. The molecular formula is C12H13N. The van der Waals surface area contributed by atoms with Crippen molar-refractivity contribution >= 4 is 0 Å². The van der Waals surface area contributed by atoms with Gasteiger partial charge in [-0.2, -0.15) is 0 Å². The minimum Gasteiger partial charge on any atom is -0.327 e. The van der Waals surface area contributed by atoms with Crippen LogP contribution in [0.25, 0.3) is 0 Å². The monoisotopic (exact) mass is 171 g/mol. The highest BCUT2D eigenvalue weighted by Gasteiger charge is 1.87. The van der Waals surface area contributed by atoms with Crippen molar-refractivity contribution in [2.75, 3.05) is 6.54 Å². The Balaban J connectivity index is 2.32. The number of rotatable bonds is 4. The van der Waals surface area contributed by atoms with E-state index in [-0.39, 0.29) is 0 Å². The molecule has 0 aromatic rings. The molecule has 0 saturated carbocycles. The first kappa shape index (κ1) is 9.57. The summed E-state index contributed by atoms with van der Waals surface area (Å²) >= 11 is 0. The van der Waals surface area contributed by atoms with E-state index in [0.717, 1.165) is 6.42 Å². The minimum atomic E-state index is 0.596. The van der Waals surface area contributed by atoms with Crippen LogP contribution in [0.4, 0.5) is 0 Å². The smallest absolute Gasteiger partial charge is 0.0109 e. The Labute approximate surface area is 79.0 Å². The van der Waals surface area contributed by atoms with E-state index in [0.29, 0.717) is 6.54 Å². The van der Waals surface area contributed by atoms with E-state index in [4.69, 9.17) is 5.73 Å². The molecule has 0 aromatic heterocycles. The van der Waals surface area contributed by atoms with Gasteiger partial charge in [-0.1, -0.05) is 35.8 Å². The van der Waals surface area contributed by atoms with Crippen molar-refractivity contribution in [2.24, 2.45) is 5.73 Å². The van der Waals surface area contributed by atoms with Gasteiger partial charge in [-0.3, -0.25) is 0 Å². The molecule has 0 amide bonds. The highest BCUT2D eigenvalue weighted by Crippen LogP contribution is 2.05. The summed E-state index contributed by atoms with van der Waals surface area (Å²) in [7, 11) is 0. The summed E-state index contributed by atoms with van der Waals surface area (Å²) in [6.07, 6.45) is 14.8. The molecule has 0 fully saturated rings. The Kier molecular flexibility index (Phi) is 4.45. The second kappa shape index (κ2) is 6.05. The van der Waals surface area contributed by atoms with Crippen molar-refractivity contribution in [2.45, 2.75) is 6.42 Å². The molecule has 0 heterocycles. The van der Waals surface area contributed by atoms with Crippen molar-refractivity contribution in [3.63, 3.8) is 0 Å². The lowest BCUT2D eigenvalue weighted by molar-refractivity contribution is 1.25. The van der Waals surface area contributed by atoms with Gasteiger partial charge >= 0.3 is 0 Å². The Morgan fingerprint density at radius 1 is 1.23 bits per heavy atom. The molecule has 0 spiro atoms. The molecular weight excluding hydrogens is 158 g/mol. The summed E-state index contributed by atoms with van der Waals surface area (Å²) in [4.78, 5) is 0. The summed E-state index contributed by atoms with van der Waals surface area (Å²) in [5, 5.41) is 0. The van der Waals surface area contributed by atoms with Crippen molar-refractivity contribution in [1.82, 2.24) is 0 Å². The summed E-state index contributed by atoms with van der Waals surface area (Å²) in [5.41, 5.74) is 12.3. The molecule has 1 nitrogen and oxygen atoms in total. The zero-order chi connectivity index (χ0) is 9.36. The van der Waals surface area contributed by atoms with Crippen LogP contribution in [0.2, 0.25) is 0 Å². The Morgan fingerprint density at radius 2 is 2.08 bits per heavy atom. The van der Waals surface area contributed by atoms with Crippen LogP contribution in [-0.2, 0) is 0 Å². The molecule has 0 atom stereocenters. The fourth-order valence-electron chi connectivity index (χ4n) is 0.946. The van der Waals surface area contributed by atoms with E-state index < -0.39 is 0 Å². The van der Waals surface area contributed by atoms with E-state index in [1.807, 2.05) is 36.5 Å². The van der Waals surface area contributed by atoms with Crippen LogP contribution in [-0.4, -0.2) is 6.54 Å². The predicted octanol–water partition coefficient (Wildman–Crippen LogP) is 2.25. The summed E-state index contributed by atoms with van der Waals surface area (Å²) in [5.74, 6) is 0. The Morgan fingerprint density at radius 3 is 2.77 bits per heavy atom. The van der Waals surface area contributed by atoms with Gasteiger partial charge in [-0.25, -0.2) is 0 Å². The number of hydrogen-bond acceptors (Lipinski definition) is 1.